The van der Waals surface area contributed by atoms with E-state index in [1.54, 1.807) is 6.20 Å². The van der Waals surface area contributed by atoms with Crippen molar-refractivity contribution < 1.29 is 9.47 Å². The Bertz CT molecular complexity index is 617. The summed E-state index contributed by atoms with van der Waals surface area (Å²) < 4.78 is 11.4. The van der Waals surface area contributed by atoms with Gasteiger partial charge in [-0.05, 0) is 53.0 Å². The molecule has 0 radical (unpaired) electrons. The summed E-state index contributed by atoms with van der Waals surface area (Å²) in [5.74, 6) is 1.10. The van der Waals surface area contributed by atoms with Gasteiger partial charge in [-0.1, -0.05) is 0 Å². The highest BCUT2D eigenvalue weighted by molar-refractivity contribution is 9.10. The molecule has 0 spiro atoms. The van der Waals surface area contributed by atoms with Gasteiger partial charge >= 0.3 is 6.01 Å². The summed E-state index contributed by atoms with van der Waals surface area (Å²) in [6.45, 7) is 3.84. The fourth-order valence-corrected chi connectivity index (χ4v) is 1.90. The number of methoxy groups -OCH3 is 1. The maximum absolute atomic E-state index is 5.84. The number of aryl methyl sites for hydroxylation is 2. The second-order valence-electron chi connectivity index (χ2n) is 4.09. The Kier molecular flexibility index (Phi) is 3.90. The predicted octanol–water partition coefficient (Wildman–Crippen LogP) is 3.24. The molecule has 1 aromatic carbocycles. The predicted molar refractivity (Wildman–Crippen MR) is 76.7 cm³/mol. The zero-order valence-corrected chi connectivity index (χ0v) is 12.5. The Morgan fingerprint density at radius 3 is 2.63 bits per heavy atom. The minimum absolute atomic E-state index is 0.229. The van der Waals surface area contributed by atoms with Crippen LogP contribution in [0, 0.1) is 13.8 Å². The minimum atomic E-state index is 0.229. The van der Waals surface area contributed by atoms with Crippen molar-refractivity contribution in [3.63, 3.8) is 0 Å². The lowest BCUT2D eigenvalue weighted by Crippen LogP contribution is -1.98. The largest absolute Gasteiger partial charge is 0.480 e. The van der Waals surface area contributed by atoms with Gasteiger partial charge in [0.25, 0.3) is 0 Å². The molecule has 0 unspecified atom stereocenters. The Balaban J connectivity index is 2.33. The molecule has 2 aromatic rings. The highest BCUT2D eigenvalue weighted by Crippen LogP contribution is 2.29. The zero-order valence-electron chi connectivity index (χ0n) is 10.9. The van der Waals surface area contributed by atoms with E-state index in [9.17, 15) is 0 Å². The van der Waals surface area contributed by atoms with Gasteiger partial charge < -0.3 is 15.2 Å². The van der Waals surface area contributed by atoms with Gasteiger partial charge in [-0.25, -0.2) is 4.98 Å². The Labute approximate surface area is 119 Å². The average molecular weight is 324 g/mol. The number of nitrogens with two attached hydrogens (primary N) is 1. The van der Waals surface area contributed by atoms with Gasteiger partial charge in [-0.3, -0.25) is 0 Å². The standard InChI is InChI=1S/C13H14BrN3O2/c1-7-5-11(8(2)4-10(7)15)19-13-16-6-9(14)12(17-13)18-3/h4-6H,15H2,1-3H3. The highest BCUT2D eigenvalue weighted by Gasteiger charge is 2.09. The van der Waals surface area contributed by atoms with Crippen LogP contribution in [0.3, 0.4) is 0 Å². The molecule has 6 heteroatoms. The van der Waals surface area contributed by atoms with E-state index in [2.05, 4.69) is 25.9 Å². The van der Waals surface area contributed by atoms with Crippen molar-refractivity contribution in [3.8, 4) is 17.6 Å². The van der Waals surface area contributed by atoms with E-state index in [0.717, 1.165) is 16.8 Å². The van der Waals surface area contributed by atoms with Gasteiger partial charge in [0.05, 0.1) is 17.8 Å². The number of hydrogen-bond acceptors (Lipinski definition) is 5. The molecule has 0 atom stereocenters. The maximum Gasteiger partial charge on any atom is 0.325 e. The fourth-order valence-electron chi connectivity index (χ4n) is 1.55. The molecule has 19 heavy (non-hydrogen) atoms. The summed E-state index contributed by atoms with van der Waals surface area (Å²) in [6.07, 6.45) is 1.58. The van der Waals surface area contributed by atoms with E-state index < -0.39 is 0 Å². The third-order valence-electron chi connectivity index (χ3n) is 2.65. The third-order valence-corrected chi connectivity index (χ3v) is 3.19. The first kappa shape index (κ1) is 13.6. The number of anilines is 1. The van der Waals surface area contributed by atoms with E-state index in [1.807, 2.05) is 26.0 Å². The monoisotopic (exact) mass is 323 g/mol. The normalized spacial score (nSPS) is 10.3. The number of aromatic nitrogens is 2. The highest BCUT2D eigenvalue weighted by atomic mass is 79.9. The van der Waals surface area contributed by atoms with Crippen molar-refractivity contribution in [2.75, 3.05) is 12.8 Å². The molecular weight excluding hydrogens is 310 g/mol. The van der Waals surface area contributed by atoms with Crippen LogP contribution in [0.1, 0.15) is 11.1 Å². The van der Waals surface area contributed by atoms with Crippen molar-refractivity contribution >= 4 is 21.6 Å². The number of ether oxygens (including phenoxy) is 2. The van der Waals surface area contributed by atoms with Crippen LogP contribution in [0.25, 0.3) is 0 Å². The van der Waals surface area contributed by atoms with Gasteiger partial charge in [-0.15, -0.1) is 0 Å². The van der Waals surface area contributed by atoms with Crippen LogP contribution in [0.5, 0.6) is 17.6 Å². The van der Waals surface area contributed by atoms with E-state index in [1.165, 1.54) is 7.11 Å². The number of nitrogen functional groups attached to an aromatic ring is 1. The van der Waals surface area contributed by atoms with Crippen molar-refractivity contribution in [1.29, 1.82) is 0 Å². The van der Waals surface area contributed by atoms with E-state index in [-0.39, 0.29) is 6.01 Å². The van der Waals surface area contributed by atoms with E-state index in [4.69, 9.17) is 15.2 Å². The lowest BCUT2D eigenvalue weighted by molar-refractivity contribution is 0.373. The Hall–Kier alpha value is -1.82. The molecule has 0 aliphatic carbocycles. The molecule has 5 nitrogen and oxygen atoms in total. The van der Waals surface area contributed by atoms with Crippen LogP contribution in [0.2, 0.25) is 0 Å². The molecular formula is C13H14BrN3O2. The molecule has 1 aromatic heterocycles. The summed E-state index contributed by atoms with van der Waals surface area (Å²) in [4.78, 5) is 8.23. The second kappa shape index (κ2) is 5.44. The topological polar surface area (TPSA) is 70.3 Å². The summed E-state index contributed by atoms with van der Waals surface area (Å²) in [5, 5.41) is 0. The summed E-state index contributed by atoms with van der Waals surface area (Å²) in [7, 11) is 1.54. The molecule has 0 amide bonds. The molecule has 0 aliphatic rings. The zero-order chi connectivity index (χ0) is 14.0. The van der Waals surface area contributed by atoms with Crippen LogP contribution in [0.15, 0.2) is 22.8 Å². The molecule has 0 aliphatic heterocycles. The van der Waals surface area contributed by atoms with Gasteiger partial charge in [0.2, 0.25) is 5.88 Å². The third kappa shape index (κ3) is 2.96. The molecule has 0 saturated carbocycles. The van der Waals surface area contributed by atoms with Crippen molar-refractivity contribution in [3.05, 3.63) is 33.9 Å². The smallest absolute Gasteiger partial charge is 0.325 e. The Morgan fingerprint density at radius 1 is 1.21 bits per heavy atom. The van der Waals surface area contributed by atoms with Crippen molar-refractivity contribution in [1.82, 2.24) is 9.97 Å². The second-order valence-corrected chi connectivity index (χ2v) is 4.94. The van der Waals surface area contributed by atoms with Crippen LogP contribution < -0.4 is 15.2 Å². The first-order valence-corrected chi connectivity index (χ1v) is 6.41. The number of halogens is 1. The number of hydrogen-bond donors (Lipinski definition) is 1. The fraction of sp³-hybridized carbons (Fsp3) is 0.231. The van der Waals surface area contributed by atoms with Crippen LogP contribution >= 0.6 is 15.9 Å². The first-order chi connectivity index (χ1) is 9.01. The molecule has 1 heterocycles. The molecule has 2 N–H and O–H groups in total. The first-order valence-electron chi connectivity index (χ1n) is 5.62. The van der Waals surface area contributed by atoms with Gasteiger partial charge in [-0.2, -0.15) is 4.98 Å². The summed E-state index contributed by atoms with van der Waals surface area (Å²) in [5.41, 5.74) is 8.44. The molecule has 0 bridgehead atoms. The SMILES string of the molecule is COc1nc(Oc2cc(C)c(N)cc2C)ncc1Br. The van der Waals surface area contributed by atoms with Crippen LogP contribution in [0.4, 0.5) is 5.69 Å². The molecule has 2 rings (SSSR count). The number of nitrogens with zero attached hydrogens (tertiary/aromatic N) is 2. The lowest BCUT2D eigenvalue weighted by Gasteiger charge is -2.10. The molecule has 100 valence electrons. The van der Waals surface area contributed by atoms with Crippen molar-refractivity contribution in [2.45, 2.75) is 13.8 Å². The van der Waals surface area contributed by atoms with Gasteiger partial charge in [0, 0.05) is 5.69 Å². The summed E-state index contributed by atoms with van der Waals surface area (Å²) >= 11 is 3.29. The van der Waals surface area contributed by atoms with E-state index in [0.29, 0.717) is 16.1 Å². The molecule has 0 saturated heterocycles. The van der Waals surface area contributed by atoms with E-state index >= 15 is 0 Å². The summed E-state index contributed by atoms with van der Waals surface area (Å²) in [6, 6.07) is 3.95. The average Bonchev–Trinajstić information content (AvgIpc) is 2.38. The lowest BCUT2D eigenvalue weighted by atomic mass is 10.1. The van der Waals surface area contributed by atoms with Gasteiger partial charge in [0.15, 0.2) is 0 Å². The van der Waals surface area contributed by atoms with Crippen LogP contribution in [-0.4, -0.2) is 17.1 Å². The Morgan fingerprint density at radius 2 is 1.95 bits per heavy atom. The number of benzene rings is 1. The molecule has 0 fully saturated rings. The maximum atomic E-state index is 5.84. The van der Waals surface area contributed by atoms with Crippen molar-refractivity contribution in [2.24, 2.45) is 0 Å². The quantitative estimate of drug-likeness (QED) is 0.878. The van der Waals surface area contributed by atoms with Crippen LogP contribution in [-0.2, 0) is 0 Å². The minimum Gasteiger partial charge on any atom is -0.480 e. The van der Waals surface area contributed by atoms with Gasteiger partial charge in [0.1, 0.15) is 5.75 Å². The number of rotatable bonds is 3.